The lowest BCUT2D eigenvalue weighted by molar-refractivity contribution is -0.141. The smallest absolute Gasteiger partial charge is 0.383 e. The van der Waals surface area contributed by atoms with E-state index in [2.05, 4.69) is 20.0 Å². The van der Waals surface area contributed by atoms with E-state index in [0.29, 0.717) is 0 Å². The van der Waals surface area contributed by atoms with Crippen LogP contribution in [0, 0.1) is 0 Å². The first kappa shape index (κ1) is 13.4. The number of methoxy groups -OCH3 is 1. The van der Waals surface area contributed by atoms with Crippen LogP contribution in [0.5, 0.6) is 0 Å². The van der Waals surface area contributed by atoms with Crippen LogP contribution in [-0.4, -0.2) is 36.1 Å². The van der Waals surface area contributed by atoms with Crippen LogP contribution in [0.15, 0.2) is 12.5 Å². The summed E-state index contributed by atoms with van der Waals surface area (Å²) in [6.07, 6.45) is -3.11. The Labute approximate surface area is 95.0 Å². The minimum absolute atomic E-state index is 0.113. The van der Waals surface area contributed by atoms with Gasteiger partial charge < -0.3 is 10.1 Å². The summed E-state index contributed by atoms with van der Waals surface area (Å²) in [6.45, 7) is 0.322. The second kappa shape index (κ2) is 5.58. The second-order valence-electron chi connectivity index (χ2n) is 3.03. The Morgan fingerprint density at radius 2 is 2.24 bits per heavy atom. The van der Waals surface area contributed by atoms with Crippen molar-refractivity contribution in [3.05, 3.63) is 23.8 Å². The average Bonchev–Trinajstić information content (AvgIpc) is 2.28. The second-order valence-corrected chi connectivity index (χ2v) is 3.03. The van der Waals surface area contributed by atoms with Crippen LogP contribution in [0.1, 0.15) is 16.1 Å². The number of amides is 1. The Morgan fingerprint density at radius 1 is 1.53 bits per heavy atom. The molecule has 0 aliphatic rings. The van der Waals surface area contributed by atoms with E-state index in [1.165, 1.54) is 7.11 Å². The topological polar surface area (TPSA) is 64.1 Å². The van der Waals surface area contributed by atoms with Crippen molar-refractivity contribution >= 4 is 5.91 Å². The summed E-state index contributed by atoms with van der Waals surface area (Å²) in [5.74, 6) is -0.880. The fraction of sp³-hybridized carbons (Fsp3) is 0.444. The fourth-order valence-corrected chi connectivity index (χ4v) is 1.08. The third-order valence-corrected chi connectivity index (χ3v) is 1.82. The van der Waals surface area contributed by atoms with Crippen LogP contribution < -0.4 is 5.32 Å². The van der Waals surface area contributed by atoms with Gasteiger partial charge in [-0.1, -0.05) is 0 Å². The molecule has 17 heavy (non-hydrogen) atoms. The number of ether oxygens (including phenoxy) is 1. The number of alkyl halides is 3. The molecular weight excluding hydrogens is 239 g/mol. The van der Waals surface area contributed by atoms with E-state index in [1.807, 2.05) is 0 Å². The van der Waals surface area contributed by atoms with Crippen LogP contribution in [0.3, 0.4) is 0 Å². The number of nitrogens with one attached hydrogen (secondary N) is 1. The molecule has 1 aromatic heterocycles. The lowest BCUT2D eigenvalue weighted by atomic mass is 10.2. The number of hydrogen-bond acceptors (Lipinski definition) is 4. The average molecular weight is 249 g/mol. The van der Waals surface area contributed by atoms with Gasteiger partial charge in [0.1, 0.15) is 6.33 Å². The summed E-state index contributed by atoms with van der Waals surface area (Å²) in [4.78, 5) is 17.9. The standard InChI is InChI=1S/C9H10F3N3O2/c1-17-3-2-14-8(16)6-4-13-5-15-7(6)9(10,11)12/h4-5H,2-3H2,1H3,(H,14,16). The van der Waals surface area contributed by atoms with Gasteiger partial charge in [-0.2, -0.15) is 13.2 Å². The molecule has 0 bridgehead atoms. The molecule has 0 atom stereocenters. The van der Waals surface area contributed by atoms with E-state index >= 15 is 0 Å². The number of hydrogen-bond donors (Lipinski definition) is 1. The molecule has 0 unspecified atom stereocenters. The molecule has 0 saturated heterocycles. The van der Waals surface area contributed by atoms with E-state index in [-0.39, 0.29) is 13.2 Å². The molecule has 1 rings (SSSR count). The first-order chi connectivity index (χ1) is 7.96. The molecule has 0 spiro atoms. The van der Waals surface area contributed by atoms with Crippen molar-refractivity contribution in [2.24, 2.45) is 0 Å². The van der Waals surface area contributed by atoms with E-state index in [0.717, 1.165) is 12.5 Å². The van der Waals surface area contributed by atoms with Gasteiger partial charge in [-0.05, 0) is 0 Å². The minimum Gasteiger partial charge on any atom is -0.383 e. The fourth-order valence-electron chi connectivity index (χ4n) is 1.08. The van der Waals surface area contributed by atoms with Crippen molar-refractivity contribution in [3.8, 4) is 0 Å². The summed E-state index contributed by atoms with van der Waals surface area (Å²) in [5.41, 5.74) is -1.85. The molecular formula is C9H10F3N3O2. The summed E-state index contributed by atoms with van der Waals surface area (Å²) < 4.78 is 42.2. The Bertz CT molecular complexity index is 395. The van der Waals surface area contributed by atoms with Crippen LogP contribution in [0.4, 0.5) is 13.2 Å². The SMILES string of the molecule is COCCNC(=O)c1cncnc1C(F)(F)F. The molecule has 1 amide bonds. The zero-order chi connectivity index (χ0) is 12.9. The minimum atomic E-state index is -4.68. The number of carbonyl (C=O) groups excluding carboxylic acids is 1. The van der Waals surface area contributed by atoms with Gasteiger partial charge in [0.2, 0.25) is 0 Å². The zero-order valence-electron chi connectivity index (χ0n) is 8.91. The quantitative estimate of drug-likeness (QED) is 0.804. The van der Waals surface area contributed by atoms with E-state index in [9.17, 15) is 18.0 Å². The van der Waals surface area contributed by atoms with Gasteiger partial charge in [-0.15, -0.1) is 0 Å². The van der Waals surface area contributed by atoms with Crippen molar-refractivity contribution in [1.29, 1.82) is 0 Å². The van der Waals surface area contributed by atoms with Gasteiger partial charge in [0.05, 0.1) is 12.2 Å². The van der Waals surface area contributed by atoms with E-state index in [4.69, 9.17) is 0 Å². The van der Waals surface area contributed by atoms with E-state index < -0.39 is 23.3 Å². The van der Waals surface area contributed by atoms with Crippen LogP contribution >= 0.6 is 0 Å². The van der Waals surface area contributed by atoms with Crippen molar-refractivity contribution in [1.82, 2.24) is 15.3 Å². The van der Waals surface area contributed by atoms with Crippen molar-refractivity contribution < 1.29 is 22.7 Å². The van der Waals surface area contributed by atoms with Gasteiger partial charge >= 0.3 is 6.18 Å². The molecule has 5 nitrogen and oxygen atoms in total. The normalized spacial score (nSPS) is 11.3. The maximum atomic E-state index is 12.5. The molecule has 0 fully saturated rings. The highest BCUT2D eigenvalue weighted by atomic mass is 19.4. The van der Waals surface area contributed by atoms with Gasteiger partial charge in [0, 0.05) is 19.9 Å². The first-order valence-corrected chi connectivity index (χ1v) is 4.61. The van der Waals surface area contributed by atoms with Crippen LogP contribution in [0.2, 0.25) is 0 Å². The lowest BCUT2D eigenvalue weighted by Gasteiger charge is -2.10. The number of nitrogens with zero attached hydrogens (tertiary/aromatic N) is 2. The molecule has 0 radical (unpaired) electrons. The summed E-state index contributed by atoms with van der Waals surface area (Å²) in [5, 5.41) is 2.27. The Balaban J connectivity index is 2.86. The third-order valence-electron chi connectivity index (χ3n) is 1.82. The molecule has 0 aliphatic carbocycles. The van der Waals surface area contributed by atoms with Crippen molar-refractivity contribution in [3.63, 3.8) is 0 Å². The number of rotatable bonds is 4. The molecule has 0 saturated carbocycles. The van der Waals surface area contributed by atoms with Gasteiger partial charge in [-0.25, -0.2) is 9.97 Å². The van der Waals surface area contributed by atoms with Gasteiger partial charge in [0.15, 0.2) is 5.69 Å². The maximum Gasteiger partial charge on any atom is 0.434 e. The summed E-state index contributed by atoms with van der Waals surface area (Å²) in [6, 6.07) is 0. The predicted octanol–water partition coefficient (Wildman–Crippen LogP) is 0.872. The van der Waals surface area contributed by atoms with Crippen molar-refractivity contribution in [2.45, 2.75) is 6.18 Å². The number of carbonyl (C=O) groups is 1. The Hall–Kier alpha value is -1.70. The molecule has 94 valence electrons. The molecule has 8 heteroatoms. The van der Waals surface area contributed by atoms with E-state index in [1.54, 1.807) is 0 Å². The number of halogens is 3. The van der Waals surface area contributed by atoms with Gasteiger partial charge in [0.25, 0.3) is 5.91 Å². The predicted molar refractivity (Wildman–Crippen MR) is 51.2 cm³/mol. The highest BCUT2D eigenvalue weighted by molar-refractivity contribution is 5.95. The molecule has 0 aliphatic heterocycles. The molecule has 0 aromatic carbocycles. The number of aromatic nitrogens is 2. The zero-order valence-corrected chi connectivity index (χ0v) is 8.91. The van der Waals surface area contributed by atoms with Crippen LogP contribution in [-0.2, 0) is 10.9 Å². The largest absolute Gasteiger partial charge is 0.434 e. The molecule has 1 N–H and O–H groups in total. The molecule has 1 aromatic rings. The molecule has 1 heterocycles. The highest BCUT2D eigenvalue weighted by Crippen LogP contribution is 2.29. The van der Waals surface area contributed by atoms with Crippen LogP contribution in [0.25, 0.3) is 0 Å². The Morgan fingerprint density at radius 3 is 2.82 bits per heavy atom. The Kier molecular flexibility index (Phi) is 4.38. The lowest BCUT2D eigenvalue weighted by Crippen LogP contribution is -2.29. The monoisotopic (exact) mass is 249 g/mol. The summed E-state index contributed by atoms with van der Waals surface area (Å²) in [7, 11) is 1.42. The highest BCUT2D eigenvalue weighted by Gasteiger charge is 2.37. The summed E-state index contributed by atoms with van der Waals surface area (Å²) >= 11 is 0. The third kappa shape index (κ3) is 3.66. The van der Waals surface area contributed by atoms with Crippen molar-refractivity contribution in [2.75, 3.05) is 20.3 Å². The first-order valence-electron chi connectivity index (χ1n) is 4.61. The maximum absolute atomic E-state index is 12.5. The van der Waals surface area contributed by atoms with Gasteiger partial charge in [-0.3, -0.25) is 4.79 Å².